The van der Waals surface area contributed by atoms with Gasteiger partial charge in [-0.15, -0.1) is 0 Å². The van der Waals surface area contributed by atoms with Crippen molar-refractivity contribution >= 4 is 0 Å². The summed E-state index contributed by atoms with van der Waals surface area (Å²) in [5.41, 5.74) is 12.5. The molecule has 0 aromatic rings. The Kier molecular flexibility index (Phi) is 3.67. The van der Waals surface area contributed by atoms with Gasteiger partial charge in [-0.2, -0.15) is 5.11 Å². The molecule has 0 aliphatic rings. The van der Waals surface area contributed by atoms with E-state index in [1.165, 1.54) is 6.20 Å². The maximum atomic E-state index is 6.67. The fourth-order valence-corrected chi connectivity index (χ4v) is 0.521. The van der Waals surface area contributed by atoms with Gasteiger partial charge in [-0.05, 0) is 6.42 Å². The fraction of sp³-hybridized carbons (Fsp3) is 0.667. The number of rotatable bonds is 3. The fourth-order valence-electron chi connectivity index (χ4n) is 0.521. The first kappa shape index (κ1) is 8.14. The molecule has 0 spiro atoms. The molecule has 0 aliphatic carbocycles. The van der Waals surface area contributed by atoms with Gasteiger partial charge in [-0.1, -0.05) is 13.8 Å². The van der Waals surface area contributed by atoms with Crippen LogP contribution < -0.4 is 5.73 Å². The van der Waals surface area contributed by atoms with Gasteiger partial charge in [-0.3, -0.25) is 0 Å². The van der Waals surface area contributed by atoms with Gasteiger partial charge in [-0.25, -0.2) is 5.53 Å². The molecular weight excluding hydrogens is 114 g/mol. The molecule has 0 aliphatic heterocycles. The van der Waals surface area contributed by atoms with Gasteiger partial charge in [0.1, 0.15) is 0 Å². The van der Waals surface area contributed by atoms with E-state index in [4.69, 9.17) is 11.3 Å². The van der Waals surface area contributed by atoms with Crippen molar-refractivity contribution in [2.24, 2.45) is 16.8 Å². The van der Waals surface area contributed by atoms with Crippen LogP contribution in [-0.4, -0.2) is 0 Å². The van der Waals surface area contributed by atoms with Crippen LogP contribution >= 0.6 is 0 Å². The maximum Gasteiger partial charge on any atom is 0.0805 e. The molecule has 0 radical (unpaired) electrons. The molecule has 0 rings (SSSR count). The molecule has 3 N–H and O–H groups in total. The van der Waals surface area contributed by atoms with E-state index in [1.54, 1.807) is 0 Å². The summed E-state index contributed by atoms with van der Waals surface area (Å²) in [5.74, 6) is 0.312. The third kappa shape index (κ3) is 2.26. The topological polar surface area (TPSA) is 62.2 Å². The average Bonchev–Trinajstić information content (AvgIpc) is 1.90. The van der Waals surface area contributed by atoms with Crippen molar-refractivity contribution in [3.8, 4) is 0 Å². The Morgan fingerprint density at radius 1 is 1.89 bits per heavy atom. The van der Waals surface area contributed by atoms with Gasteiger partial charge in [0.25, 0.3) is 0 Å². The van der Waals surface area contributed by atoms with E-state index in [1.807, 2.05) is 13.8 Å². The minimum atomic E-state index is 0.312. The molecule has 0 heterocycles. The molecule has 0 fully saturated rings. The highest BCUT2D eigenvalue weighted by atomic mass is 15.0. The van der Waals surface area contributed by atoms with Crippen LogP contribution in [0.5, 0.6) is 0 Å². The van der Waals surface area contributed by atoms with Gasteiger partial charge in [0.2, 0.25) is 0 Å². The first-order chi connectivity index (χ1) is 4.26. The minimum absolute atomic E-state index is 0.312. The lowest BCUT2D eigenvalue weighted by molar-refractivity contribution is 0.632. The normalized spacial score (nSPS) is 15.1. The van der Waals surface area contributed by atoms with Crippen LogP contribution in [0.15, 0.2) is 17.0 Å². The second-order valence-corrected chi connectivity index (χ2v) is 2.01. The molecule has 0 aromatic carbocycles. The van der Waals surface area contributed by atoms with Crippen LogP contribution in [0.25, 0.3) is 0 Å². The summed E-state index contributed by atoms with van der Waals surface area (Å²) in [6.07, 6.45) is 2.37. The summed E-state index contributed by atoms with van der Waals surface area (Å²) in [6, 6.07) is 0. The van der Waals surface area contributed by atoms with E-state index < -0.39 is 0 Å². The Bertz CT molecular complexity index is 117. The Morgan fingerprint density at radius 2 is 2.44 bits per heavy atom. The van der Waals surface area contributed by atoms with Crippen molar-refractivity contribution in [1.82, 2.24) is 0 Å². The molecule has 52 valence electrons. The highest BCUT2D eigenvalue weighted by Crippen LogP contribution is 2.12. The predicted octanol–water partition coefficient (Wildman–Crippen LogP) is 1.86. The van der Waals surface area contributed by atoms with Crippen molar-refractivity contribution in [2.45, 2.75) is 20.3 Å². The summed E-state index contributed by atoms with van der Waals surface area (Å²) < 4.78 is 0. The predicted molar refractivity (Wildman–Crippen MR) is 36.9 cm³/mol. The van der Waals surface area contributed by atoms with E-state index in [0.717, 1.165) is 6.42 Å². The number of hydrogen-bond acceptors (Lipinski definition) is 3. The van der Waals surface area contributed by atoms with Crippen molar-refractivity contribution in [2.75, 3.05) is 0 Å². The SMILES string of the molecule is CCC(C)/C(=C/N)N=N. The second-order valence-electron chi connectivity index (χ2n) is 2.01. The molecule has 0 saturated carbocycles. The minimum Gasteiger partial charge on any atom is -0.403 e. The molecule has 3 heteroatoms. The van der Waals surface area contributed by atoms with Crippen LogP contribution in [-0.2, 0) is 0 Å². The highest BCUT2D eigenvalue weighted by molar-refractivity contribution is 4.99. The first-order valence-corrected chi connectivity index (χ1v) is 3.05. The van der Waals surface area contributed by atoms with Gasteiger partial charge < -0.3 is 5.73 Å². The van der Waals surface area contributed by atoms with E-state index in [2.05, 4.69) is 5.11 Å². The molecular formula is C6H13N3. The number of nitrogens with zero attached hydrogens (tertiary/aromatic N) is 1. The van der Waals surface area contributed by atoms with Crippen molar-refractivity contribution in [3.63, 3.8) is 0 Å². The zero-order valence-corrected chi connectivity index (χ0v) is 5.89. The van der Waals surface area contributed by atoms with Gasteiger partial charge in [0.05, 0.1) is 5.70 Å². The van der Waals surface area contributed by atoms with E-state index in [-0.39, 0.29) is 0 Å². The standard InChI is InChI=1S/C6H13N3/c1-3-5(2)6(4-7)9-8/h4-5,8H,3,7H2,1-2H3/b6-4-,9-8?. The van der Waals surface area contributed by atoms with Gasteiger partial charge in [0.15, 0.2) is 0 Å². The Morgan fingerprint density at radius 3 is 2.56 bits per heavy atom. The summed E-state index contributed by atoms with van der Waals surface area (Å²) in [6.45, 7) is 4.04. The van der Waals surface area contributed by atoms with E-state index in [0.29, 0.717) is 11.6 Å². The molecule has 0 bridgehead atoms. The van der Waals surface area contributed by atoms with Gasteiger partial charge >= 0.3 is 0 Å². The lowest BCUT2D eigenvalue weighted by atomic mass is 10.1. The number of hydrogen-bond donors (Lipinski definition) is 2. The van der Waals surface area contributed by atoms with E-state index >= 15 is 0 Å². The second kappa shape index (κ2) is 4.06. The molecule has 0 aromatic heterocycles. The van der Waals surface area contributed by atoms with Gasteiger partial charge in [0, 0.05) is 12.1 Å². The lowest BCUT2D eigenvalue weighted by Crippen LogP contribution is -1.97. The van der Waals surface area contributed by atoms with Crippen LogP contribution in [0.3, 0.4) is 0 Å². The Labute approximate surface area is 55.5 Å². The van der Waals surface area contributed by atoms with Crippen LogP contribution in [0.2, 0.25) is 0 Å². The zero-order chi connectivity index (χ0) is 7.28. The lowest BCUT2D eigenvalue weighted by Gasteiger charge is -2.04. The van der Waals surface area contributed by atoms with Crippen LogP contribution in [0.1, 0.15) is 20.3 Å². The Hall–Kier alpha value is -0.860. The molecule has 1 atom stereocenters. The molecule has 9 heavy (non-hydrogen) atoms. The summed E-state index contributed by atoms with van der Waals surface area (Å²) in [7, 11) is 0. The number of nitrogens with one attached hydrogen (secondary N) is 1. The van der Waals surface area contributed by atoms with Crippen LogP contribution in [0, 0.1) is 11.4 Å². The van der Waals surface area contributed by atoms with E-state index in [9.17, 15) is 0 Å². The molecule has 0 saturated heterocycles. The molecule has 1 unspecified atom stereocenters. The third-order valence-corrected chi connectivity index (χ3v) is 1.42. The monoisotopic (exact) mass is 127 g/mol. The summed E-state index contributed by atoms with van der Waals surface area (Å²) in [5, 5.41) is 3.26. The van der Waals surface area contributed by atoms with Crippen molar-refractivity contribution in [3.05, 3.63) is 11.9 Å². The third-order valence-electron chi connectivity index (χ3n) is 1.42. The largest absolute Gasteiger partial charge is 0.403 e. The van der Waals surface area contributed by atoms with Crippen LogP contribution in [0.4, 0.5) is 0 Å². The zero-order valence-electron chi connectivity index (χ0n) is 5.89. The maximum absolute atomic E-state index is 6.67. The average molecular weight is 127 g/mol. The number of allylic oxidation sites excluding steroid dienone is 1. The molecule has 3 nitrogen and oxygen atoms in total. The first-order valence-electron chi connectivity index (χ1n) is 3.05. The molecule has 0 amide bonds. The van der Waals surface area contributed by atoms with Crippen molar-refractivity contribution < 1.29 is 0 Å². The summed E-state index contributed by atoms with van der Waals surface area (Å²) >= 11 is 0. The number of nitrogens with two attached hydrogens (primary N) is 1. The smallest absolute Gasteiger partial charge is 0.0805 e. The quantitative estimate of drug-likeness (QED) is 0.558. The Balaban J connectivity index is 3.95. The summed E-state index contributed by atoms with van der Waals surface area (Å²) in [4.78, 5) is 0. The van der Waals surface area contributed by atoms with Crippen molar-refractivity contribution in [1.29, 1.82) is 5.53 Å². The highest BCUT2D eigenvalue weighted by Gasteiger charge is 2.02.